The van der Waals surface area contributed by atoms with E-state index in [1.165, 1.54) is 12.1 Å². The van der Waals surface area contributed by atoms with E-state index in [2.05, 4.69) is 13.8 Å². The molecule has 0 aromatic heterocycles. The fourth-order valence-electron chi connectivity index (χ4n) is 1.73. The fraction of sp³-hybridized carbons (Fsp3) is 0.455. The van der Waals surface area contributed by atoms with Gasteiger partial charge in [-0.2, -0.15) is 0 Å². The average Bonchev–Trinajstić information content (AvgIpc) is 2.02. The van der Waals surface area contributed by atoms with Gasteiger partial charge < -0.3 is 4.74 Å². The lowest BCUT2D eigenvalue weighted by molar-refractivity contribution is 0.233. The van der Waals surface area contributed by atoms with Gasteiger partial charge in [0.25, 0.3) is 0 Å². The second kappa shape index (κ2) is 2.72. The molecule has 0 atom stereocenters. The predicted molar refractivity (Wildman–Crippen MR) is 49.5 cm³/mol. The molecule has 1 heterocycles. The number of fused-ring (bicyclic) bond motifs is 1. The topological polar surface area (TPSA) is 9.23 Å². The summed E-state index contributed by atoms with van der Waals surface area (Å²) in [4.78, 5) is 0. The molecule has 0 saturated carbocycles. The van der Waals surface area contributed by atoms with Crippen LogP contribution in [0.4, 0.5) is 4.39 Å². The lowest BCUT2D eigenvalue weighted by atomic mass is 9.80. The molecule has 0 aliphatic carbocycles. The molecule has 2 rings (SSSR count). The summed E-state index contributed by atoms with van der Waals surface area (Å²) in [7, 11) is 0. The van der Waals surface area contributed by atoms with Gasteiger partial charge in [-0.25, -0.2) is 4.39 Å². The van der Waals surface area contributed by atoms with Crippen LogP contribution in [0.5, 0.6) is 5.75 Å². The number of ether oxygens (including phenoxy) is 1. The van der Waals surface area contributed by atoms with E-state index in [0.29, 0.717) is 12.4 Å². The van der Waals surface area contributed by atoms with Gasteiger partial charge in [0.1, 0.15) is 11.6 Å². The molecule has 0 radical (unpaired) electrons. The first-order valence-corrected chi connectivity index (χ1v) is 4.52. The van der Waals surface area contributed by atoms with Crippen molar-refractivity contribution in [1.82, 2.24) is 0 Å². The maximum Gasteiger partial charge on any atom is 0.126 e. The van der Waals surface area contributed by atoms with Crippen LogP contribution in [0.15, 0.2) is 18.2 Å². The van der Waals surface area contributed by atoms with E-state index in [1.807, 2.05) is 6.07 Å². The van der Waals surface area contributed by atoms with Crippen molar-refractivity contribution in [2.24, 2.45) is 0 Å². The highest BCUT2D eigenvalue weighted by molar-refractivity contribution is 5.40. The zero-order valence-corrected chi connectivity index (χ0v) is 7.93. The van der Waals surface area contributed by atoms with Crippen LogP contribution in [0.25, 0.3) is 0 Å². The summed E-state index contributed by atoms with van der Waals surface area (Å²) in [6.07, 6.45) is 0.992. The maximum absolute atomic E-state index is 12.9. The molecular formula is C11H13FO. The van der Waals surface area contributed by atoms with Crippen molar-refractivity contribution in [3.05, 3.63) is 29.6 Å². The minimum absolute atomic E-state index is 0.112. The molecule has 0 spiro atoms. The minimum atomic E-state index is -0.226. The van der Waals surface area contributed by atoms with Crippen molar-refractivity contribution >= 4 is 0 Å². The van der Waals surface area contributed by atoms with Gasteiger partial charge in [0.2, 0.25) is 0 Å². The van der Waals surface area contributed by atoms with Gasteiger partial charge in [0.15, 0.2) is 0 Å². The Morgan fingerprint density at radius 2 is 2.15 bits per heavy atom. The van der Waals surface area contributed by atoms with Gasteiger partial charge in [-0.3, -0.25) is 0 Å². The van der Waals surface area contributed by atoms with E-state index in [4.69, 9.17) is 4.74 Å². The van der Waals surface area contributed by atoms with Gasteiger partial charge in [0, 0.05) is 11.6 Å². The Hall–Kier alpha value is -1.05. The zero-order chi connectivity index (χ0) is 9.47. The van der Waals surface area contributed by atoms with Crippen molar-refractivity contribution in [2.75, 3.05) is 6.61 Å². The van der Waals surface area contributed by atoms with Crippen LogP contribution < -0.4 is 4.74 Å². The molecular weight excluding hydrogens is 167 g/mol. The molecule has 1 aromatic rings. The third-order valence-electron chi connectivity index (χ3n) is 2.66. The van der Waals surface area contributed by atoms with Crippen LogP contribution in [0.1, 0.15) is 25.8 Å². The van der Waals surface area contributed by atoms with Gasteiger partial charge in [-0.05, 0) is 17.9 Å². The molecule has 1 aliphatic rings. The highest BCUT2D eigenvalue weighted by atomic mass is 19.1. The highest BCUT2D eigenvalue weighted by Gasteiger charge is 2.28. The molecule has 1 nitrogen and oxygen atoms in total. The Balaban J connectivity index is 2.53. The summed E-state index contributed by atoms with van der Waals surface area (Å²) in [6, 6.07) is 4.79. The Bertz CT molecular complexity index is 331. The normalized spacial score (nSPS) is 19.0. The van der Waals surface area contributed by atoms with Crippen molar-refractivity contribution in [3.63, 3.8) is 0 Å². The van der Waals surface area contributed by atoms with E-state index in [1.54, 1.807) is 0 Å². The number of hydrogen-bond donors (Lipinski definition) is 0. The zero-order valence-electron chi connectivity index (χ0n) is 7.93. The summed E-state index contributed by atoms with van der Waals surface area (Å²) in [5.74, 6) is 0.479. The summed E-state index contributed by atoms with van der Waals surface area (Å²) >= 11 is 0. The Labute approximate surface area is 77.5 Å². The quantitative estimate of drug-likeness (QED) is 0.596. The summed E-state index contributed by atoms with van der Waals surface area (Å²) in [6.45, 7) is 5.00. The summed E-state index contributed by atoms with van der Waals surface area (Å²) in [5, 5.41) is 0. The second-order valence-corrected chi connectivity index (χ2v) is 4.12. The van der Waals surface area contributed by atoms with E-state index >= 15 is 0 Å². The van der Waals surface area contributed by atoms with E-state index < -0.39 is 0 Å². The van der Waals surface area contributed by atoms with Crippen molar-refractivity contribution in [2.45, 2.75) is 25.7 Å². The molecule has 1 aliphatic heterocycles. The molecule has 0 N–H and O–H groups in total. The largest absolute Gasteiger partial charge is 0.493 e. The van der Waals surface area contributed by atoms with Gasteiger partial charge in [0.05, 0.1) is 6.61 Å². The molecule has 70 valence electrons. The molecule has 0 fully saturated rings. The van der Waals surface area contributed by atoms with E-state index in [-0.39, 0.29) is 11.2 Å². The number of rotatable bonds is 0. The van der Waals surface area contributed by atoms with E-state index in [9.17, 15) is 4.39 Å². The first-order chi connectivity index (χ1) is 6.09. The van der Waals surface area contributed by atoms with Gasteiger partial charge in [-0.15, -0.1) is 0 Å². The van der Waals surface area contributed by atoms with Crippen LogP contribution in [-0.2, 0) is 5.41 Å². The number of hydrogen-bond acceptors (Lipinski definition) is 1. The molecule has 0 amide bonds. The molecule has 0 bridgehead atoms. The third-order valence-corrected chi connectivity index (χ3v) is 2.66. The fourth-order valence-corrected chi connectivity index (χ4v) is 1.73. The molecule has 0 saturated heterocycles. The average molecular weight is 180 g/mol. The Kier molecular flexibility index (Phi) is 1.79. The molecule has 13 heavy (non-hydrogen) atoms. The number of benzene rings is 1. The summed E-state index contributed by atoms with van der Waals surface area (Å²) < 4.78 is 18.3. The van der Waals surface area contributed by atoms with Gasteiger partial charge >= 0.3 is 0 Å². The lowest BCUT2D eigenvalue weighted by Crippen LogP contribution is -2.26. The number of halogens is 1. The highest BCUT2D eigenvalue weighted by Crippen LogP contribution is 2.38. The van der Waals surface area contributed by atoms with Crippen molar-refractivity contribution in [3.8, 4) is 5.75 Å². The second-order valence-electron chi connectivity index (χ2n) is 4.12. The van der Waals surface area contributed by atoms with Crippen molar-refractivity contribution < 1.29 is 9.13 Å². The minimum Gasteiger partial charge on any atom is -0.493 e. The smallest absolute Gasteiger partial charge is 0.126 e. The van der Waals surface area contributed by atoms with Crippen LogP contribution in [0.2, 0.25) is 0 Å². The SMILES string of the molecule is CC1(C)CCOc2cc(F)ccc21. The van der Waals surface area contributed by atoms with Crippen LogP contribution in [0.3, 0.4) is 0 Å². The van der Waals surface area contributed by atoms with Crippen LogP contribution >= 0.6 is 0 Å². The molecule has 0 unspecified atom stereocenters. The van der Waals surface area contributed by atoms with Crippen LogP contribution in [0, 0.1) is 5.82 Å². The first-order valence-electron chi connectivity index (χ1n) is 4.52. The molecule has 1 aromatic carbocycles. The lowest BCUT2D eigenvalue weighted by Gasteiger charge is -2.32. The maximum atomic E-state index is 12.9. The van der Waals surface area contributed by atoms with E-state index in [0.717, 1.165) is 12.0 Å². The molecule has 2 heteroatoms. The Morgan fingerprint density at radius 1 is 1.38 bits per heavy atom. The monoisotopic (exact) mass is 180 g/mol. The third kappa shape index (κ3) is 1.41. The first kappa shape index (κ1) is 8.54. The summed E-state index contributed by atoms with van der Waals surface area (Å²) in [5.41, 5.74) is 1.22. The standard InChI is InChI=1S/C11H13FO/c1-11(2)5-6-13-10-7-8(12)3-4-9(10)11/h3-4,7H,5-6H2,1-2H3. The van der Waals surface area contributed by atoms with Crippen LogP contribution in [-0.4, -0.2) is 6.61 Å². The Morgan fingerprint density at radius 3 is 2.92 bits per heavy atom. The van der Waals surface area contributed by atoms with Gasteiger partial charge in [-0.1, -0.05) is 19.9 Å². The van der Waals surface area contributed by atoms with Crippen molar-refractivity contribution in [1.29, 1.82) is 0 Å². The predicted octanol–water partition coefficient (Wildman–Crippen LogP) is 2.89.